The third kappa shape index (κ3) is 5.16. The van der Waals surface area contributed by atoms with Crippen molar-refractivity contribution in [3.8, 4) is 0 Å². The van der Waals surface area contributed by atoms with Crippen LogP contribution in [0.15, 0.2) is 0 Å². The molecule has 6 heteroatoms. The Kier molecular flexibility index (Phi) is 5.31. The van der Waals surface area contributed by atoms with E-state index in [1.54, 1.807) is 19.0 Å². The summed E-state index contributed by atoms with van der Waals surface area (Å²) in [5.41, 5.74) is -0.244. The minimum atomic E-state index is -0.255. The van der Waals surface area contributed by atoms with Crippen molar-refractivity contribution in [1.82, 2.24) is 20.4 Å². The average molecular weight is 270 g/mol. The number of likely N-dealkylation sites (N-methyl/N-ethyl adjacent to an activating group) is 1. The smallest absolute Gasteiger partial charge is 0.240 e. The zero-order valence-electron chi connectivity index (χ0n) is 12.6. The van der Waals surface area contributed by atoms with Gasteiger partial charge in [0.2, 0.25) is 11.8 Å². The molecular formula is C13H26N4O2. The largest absolute Gasteiger partial charge is 0.350 e. The van der Waals surface area contributed by atoms with E-state index in [1.807, 2.05) is 25.7 Å². The van der Waals surface area contributed by atoms with Gasteiger partial charge in [0.1, 0.15) is 6.04 Å². The van der Waals surface area contributed by atoms with E-state index in [9.17, 15) is 9.59 Å². The van der Waals surface area contributed by atoms with Crippen LogP contribution in [0.1, 0.15) is 20.8 Å². The van der Waals surface area contributed by atoms with Crippen LogP contribution in [0.3, 0.4) is 0 Å². The summed E-state index contributed by atoms with van der Waals surface area (Å²) in [6, 6.07) is -0.255. The number of carbonyl (C=O) groups excluding carboxylic acids is 2. The van der Waals surface area contributed by atoms with E-state index in [1.165, 1.54) is 0 Å². The second kappa shape index (κ2) is 6.34. The van der Waals surface area contributed by atoms with Gasteiger partial charge in [0.05, 0.1) is 6.54 Å². The molecule has 0 spiro atoms. The molecule has 0 aromatic rings. The number of hydrogen-bond donors (Lipinski definition) is 2. The van der Waals surface area contributed by atoms with Crippen LogP contribution in [0.2, 0.25) is 0 Å². The van der Waals surface area contributed by atoms with Crippen molar-refractivity contribution in [2.75, 3.05) is 40.3 Å². The molecule has 2 amide bonds. The molecule has 0 aromatic heterocycles. The molecular weight excluding hydrogens is 244 g/mol. The summed E-state index contributed by atoms with van der Waals surface area (Å²) in [7, 11) is 3.48. The number of nitrogens with zero attached hydrogens (tertiary/aromatic N) is 2. The Morgan fingerprint density at radius 2 is 2.00 bits per heavy atom. The van der Waals surface area contributed by atoms with Crippen LogP contribution in [-0.2, 0) is 9.59 Å². The lowest BCUT2D eigenvalue weighted by Crippen LogP contribution is -2.60. The molecule has 0 bridgehead atoms. The molecule has 0 aliphatic carbocycles. The van der Waals surface area contributed by atoms with Gasteiger partial charge in [-0.3, -0.25) is 14.5 Å². The minimum Gasteiger partial charge on any atom is -0.350 e. The Labute approximate surface area is 115 Å². The van der Waals surface area contributed by atoms with E-state index in [0.29, 0.717) is 13.1 Å². The zero-order valence-corrected chi connectivity index (χ0v) is 12.6. The molecule has 1 saturated heterocycles. The molecule has 1 aliphatic rings. The fraction of sp³-hybridized carbons (Fsp3) is 0.846. The van der Waals surface area contributed by atoms with Gasteiger partial charge in [0, 0.05) is 39.3 Å². The molecule has 19 heavy (non-hydrogen) atoms. The maximum absolute atomic E-state index is 12.1. The van der Waals surface area contributed by atoms with E-state index in [2.05, 4.69) is 10.6 Å². The Hall–Kier alpha value is -1.14. The maximum Gasteiger partial charge on any atom is 0.240 e. The van der Waals surface area contributed by atoms with Gasteiger partial charge in [0.15, 0.2) is 0 Å². The highest BCUT2D eigenvalue weighted by Gasteiger charge is 2.31. The van der Waals surface area contributed by atoms with Gasteiger partial charge in [-0.05, 0) is 20.8 Å². The predicted octanol–water partition coefficient (Wildman–Crippen LogP) is -0.737. The minimum absolute atomic E-state index is 0.0362. The number of nitrogens with one attached hydrogen (secondary N) is 2. The van der Waals surface area contributed by atoms with E-state index >= 15 is 0 Å². The molecule has 0 aromatic carbocycles. The molecule has 0 radical (unpaired) electrons. The molecule has 110 valence electrons. The summed E-state index contributed by atoms with van der Waals surface area (Å²) in [6.45, 7) is 8.23. The first kappa shape index (κ1) is 15.9. The normalized spacial score (nSPS) is 21.0. The van der Waals surface area contributed by atoms with Crippen molar-refractivity contribution in [3.05, 3.63) is 0 Å². The van der Waals surface area contributed by atoms with Crippen LogP contribution < -0.4 is 10.6 Å². The van der Waals surface area contributed by atoms with Crippen molar-refractivity contribution < 1.29 is 9.59 Å². The lowest BCUT2D eigenvalue weighted by molar-refractivity contribution is -0.136. The second-order valence-corrected chi connectivity index (χ2v) is 6.22. The van der Waals surface area contributed by atoms with Gasteiger partial charge < -0.3 is 15.5 Å². The zero-order chi connectivity index (χ0) is 14.6. The monoisotopic (exact) mass is 270 g/mol. The highest BCUT2D eigenvalue weighted by molar-refractivity contribution is 5.84. The summed E-state index contributed by atoms with van der Waals surface area (Å²) in [5.74, 6) is 0.00159. The van der Waals surface area contributed by atoms with Gasteiger partial charge in [-0.15, -0.1) is 0 Å². The van der Waals surface area contributed by atoms with Crippen molar-refractivity contribution in [1.29, 1.82) is 0 Å². The standard InChI is InChI=1S/C13H26N4O2/c1-13(2,3)15-11(18)9-17-7-6-14-8-10(17)12(19)16(4)5/h10,14H,6-9H2,1-5H3,(H,15,18). The molecule has 1 rings (SSSR count). The van der Waals surface area contributed by atoms with E-state index in [4.69, 9.17) is 0 Å². The van der Waals surface area contributed by atoms with Crippen molar-refractivity contribution in [2.45, 2.75) is 32.4 Å². The van der Waals surface area contributed by atoms with Crippen LogP contribution in [-0.4, -0.2) is 73.5 Å². The fourth-order valence-corrected chi connectivity index (χ4v) is 2.12. The lowest BCUT2D eigenvalue weighted by atomic mass is 10.1. The van der Waals surface area contributed by atoms with Gasteiger partial charge in [-0.2, -0.15) is 0 Å². The molecule has 6 nitrogen and oxygen atoms in total. The topological polar surface area (TPSA) is 64.7 Å². The van der Waals surface area contributed by atoms with Crippen molar-refractivity contribution in [3.63, 3.8) is 0 Å². The van der Waals surface area contributed by atoms with Crippen LogP contribution in [0, 0.1) is 0 Å². The summed E-state index contributed by atoms with van der Waals surface area (Å²) in [5, 5.41) is 6.13. The Bertz CT molecular complexity index is 336. The highest BCUT2D eigenvalue weighted by Crippen LogP contribution is 2.06. The molecule has 0 saturated carbocycles. The van der Waals surface area contributed by atoms with Crippen LogP contribution in [0.4, 0.5) is 0 Å². The molecule has 1 atom stereocenters. The van der Waals surface area contributed by atoms with Gasteiger partial charge in [0.25, 0.3) is 0 Å². The third-order valence-electron chi connectivity index (χ3n) is 2.94. The van der Waals surface area contributed by atoms with E-state index in [0.717, 1.165) is 6.54 Å². The van der Waals surface area contributed by atoms with Crippen molar-refractivity contribution in [2.24, 2.45) is 0 Å². The van der Waals surface area contributed by atoms with Crippen LogP contribution in [0.5, 0.6) is 0 Å². The number of piperazine rings is 1. The first-order chi connectivity index (χ1) is 8.70. The second-order valence-electron chi connectivity index (χ2n) is 6.22. The lowest BCUT2D eigenvalue weighted by Gasteiger charge is -2.36. The van der Waals surface area contributed by atoms with Crippen LogP contribution in [0.25, 0.3) is 0 Å². The molecule has 2 N–H and O–H groups in total. The highest BCUT2D eigenvalue weighted by atomic mass is 16.2. The summed E-state index contributed by atoms with van der Waals surface area (Å²) in [4.78, 5) is 27.6. The number of amides is 2. The third-order valence-corrected chi connectivity index (χ3v) is 2.94. The molecule has 1 heterocycles. The average Bonchev–Trinajstić information content (AvgIpc) is 2.26. The van der Waals surface area contributed by atoms with E-state index < -0.39 is 0 Å². The number of rotatable bonds is 3. The van der Waals surface area contributed by atoms with Gasteiger partial charge >= 0.3 is 0 Å². The SMILES string of the molecule is CN(C)C(=O)C1CNCCN1CC(=O)NC(C)(C)C. The number of carbonyl (C=O) groups is 2. The van der Waals surface area contributed by atoms with Crippen molar-refractivity contribution >= 4 is 11.8 Å². The molecule has 1 unspecified atom stereocenters. The van der Waals surface area contributed by atoms with E-state index in [-0.39, 0.29) is 29.9 Å². The molecule has 1 aliphatic heterocycles. The maximum atomic E-state index is 12.1. The fourth-order valence-electron chi connectivity index (χ4n) is 2.12. The summed E-state index contributed by atoms with van der Waals surface area (Å²) < 4.78 is 0. The quantitative estimate of drug-likeness (QED) is 0.709. The molecule has 1 fully saturated rings. The van der Waals surface area contributed by atoms with Gasteiger partial charge in [-0.1, -0.05) is 0 Å². The first-order valence-corrected chi connectivity index (χ1v) is 6.67. The number of hydrogen-bond acceptors (Lipinski definition) is 4. The Balaban J connectivity index is 2.63. The van der Waals surface area contributed by atoms with Crippen LogP contribution >= 0.6 is 0 Å². The first-order valence-electron chi connectivity index (χ1n) is 6.67. The Morgan fingerprint density at radius 1 is 1.37 bits per heavy atom. The predicted molar refractivity (Wildman–Crippen MR) is 74.8 cm³/mol. The summed E-state index contributed by atoms with van der Waals surface area (Å²) in [6.07, 6.45) is 0. The Morgan fingerprint density at radius 3 is 2.53 bits per heavy atom. The summed E-state index contributed by atoms with van der Waals surface area (Å²) >= 11 is 0. The van der Waals surface area contributed by atoms with Gasteiger partial charge in [-0.25, -0.2) is 0 Å².